The van der Waals surface area contributed by atoms with Crippen LogP contribution in [-0.4, -0.2) is 58.0 Å². The summed E-state index contributed by atoms with van der Waals surface area (Å²) in [7, 11) is 0. The number of benzene rings is 3. The molecule has 6 nitrogen and oxygen atoms in total. The number of para-hydroxylation sites is 3. The van der Waals surface area contributed by atoms with E-state index in [0.29, 0.717) is 38.1 Å². The van der Waals surface area contributed by atoms with Gasteiger partial charge in [-0.3, -0.25) is 0 Å². The molecular formula is C37H60O6Y2-4. The van der Waals surface area contributed by atoms with Gasteiger partial charge in [0.15, 0.2) is 0 Å². The molecule has 254 valence electrons. The molecule has 45 heavy (non-hydrogen) atoms. The Kier molecular flexibility index (Phi) is 49.4. The van der Waals surface area contributed by atoms with Crippen LogP contribution in [0.15, 0.2) is 91.0 Å². The second-order valence-electron chi connectivity index (χ2n) is 7.74. The quantitative estimate of drug-likeness (QED) is 0.160. The first-order valence-electron chi connectivity index (χ1n) is 14.2. The van der Waals surface area contributed by atoms with Gasteiger partial charge in [0.2, 0.25) is 0 Å². The molecule has 3 heterocycles. The fourth-order valence-electron chi connectivity index (χ4n) is 2.61. The van der Waals surface area contributed by atoms with E-state index in [4.69, 9.17) is 28.4 Å². The predicted molar refractivity (Wildman–Crippen MR) is 185 cm³/mol. The van der Waals surface area contributed by atoms with Crippen LogP contribution in [0.2, 0.25) is 0 Å². The van der Waals surface area contributed by atoms with Crippen molar-refractivity contribution in [3.05, 3.63) is 121 Å². The van der Waals surface area contributed by atoms with Gasteiger partial charge in [0.1, 0.15) is 55.4 Å². The second-order valence-corrected chi connectivity index (χ2v) is 7.74. The fourth-order valence-corrected chi connectivity index (χ4v) is 2.61. The van der Waals surface area contributed by atoms with Gasteiger partial charge in [0.25, 0.3) is 0 Å². The van der Waals surface area contributed by atoms with Crippen molar-refractivity contribution < 1.29 is 93.8 Å². The van der Waals surface area contributed by atoms with E-state index in [1.807, 2.05) is 133 Å². The van der Waals surface area contributed by atoms with Crippen LogP contribution in [-0.2, 0) is 79.6 Å². The van der Waals surface area contributed by atoms with Crippen molar-refractivity contribution in [1.29, 1.82) is 0 Å². The molecule has 3 aliphatic heterocycles. The van der Waals surface area contributed by atoms with Gasteiger partial charge >= 0.3 is 0 Å². The van der Waals surface area contributed by atoms with E-state index >= 15 is 0 Å². The zero-order chi connectivity index (χ0) is 28.6. The second kappa shape index (κ2) is 39.3. The van der Waals surface area contributed by atoms with Gasteiger partial charge < -0.3 is 58.1 Å². The van der Waals surface area contributed by atoms with Gasteiger partial charge in [0.05, 0.1) is 19.8 Å². The van der Waals surface area contributed by atoms with Crippen molar-refractivity contribution in [1.82, 2.24) is 0 Å². The molecule has 0 aliphatic carbocycles. The van der Waals surface area contributed by atoms with Crippen LogP contribution < -0.4 is 14.2 Å². The monoisotopic (exact) mass is 778 g/mol. The molecule has 0 aromatic heterocycles. The summed E-state index contributed by atoms with van der Waals surface area (Å²) in [5.41, 5.74) is 0. The summed E-state index contributed by atoms with van der Waals surface area (Å²) in [6.45, 7) is 16.6. The minimum atomic E-state index is 0. The molecule has 0 bridgehead atoms. The molecule has 2 radical (unpaired) electrons. The Hall–Kier alpha value is -0.852. The van der Waals surface area contributed by atoms with E-state index in [1.54, 1.807) is 0 Å². The maximum atomic E-state index is 5.40. The zero-order valence-electron chi connectivity index (χ0n) is 29.7. The molecular weight excluding hydrogens is 718 g/mol. The van der Waals surface area contributed by atoms with Crippen LogP contribution >= 0.6 is 0 Å². The maximum absolute atomic E-state index is 5.40. The van der Waals surface area contributed by atoms with Gasteiger partial charge in [-0.1, -0.05) is 96.1 Å². The summed E-state index contributed by atoms with van der Waals surface area (Å²) in [5.74, 6) is 2.76. The number of ether oxygens (including phenoxy) is 6. The minimum absolute atomic E-state index is 0. The van der Waals surface area contributed by atoms with Crippen LogP contribution in [0.4, 0.5) is 0 Å². The zero-order valence-corrected chi connectivity index (χ0v) is 35.4. The summed E-state index contributed by atoms with van der Waals surface area (Å²) in [6.07, 6.45) is 1.03. The van der Waals surface area contributed by atoms with Crippen LogP contribution in [0, 0.1) is 29.7 Å². The average Bonchev–Trinajstić information content (AvgIpc) is 3.88. The smallest absolute Gasteiger partial charge is 0.119 e. The molecule has 3 aliphatic rings. The average molecular weight is 779 g/mol. The number of epoxide rings is 3. The van der Waals surface area contributed by atoms with Crippen molar-refractivity contribution in [2.24, 2.45) is 0 Å². The molecule has 0 saturated carbocycles. The Morgan fingerprint density at radius 2 is 0.600 bits per heavy atom. The molecule has 0 N–H and O–H groups in total. The first kappa shape index (κ1) is 56.5. The van der Waals surface area contributed by atoms with E-state index in [-0.39, 0.29) is 95.1 Å². The Balaban J connectivity index is -0.000000110. The largest absolute Gasteiger partial charge is 0.491 e. The molecule has 8 heteroatoms. The Labute approximate surface area is 328 Å². The molecule has 3 fully saturated rings. The summed E-state index contributed by atoms with van der Waals surface area (Å²) in [4.78, 5) is 0. The van der Waals surface area contributed by atoms with Gasteiger partial charge in [-0.25, -0.2) is 0 Å². The van der Waals surface area contributed by atoms with Gasteiger partial charge in [0, 0.05) is 65.4 Å². The third kappa shape index (κ3) is 32.9. The van der Waals surface area contributed by atoms with Crippen LogP contribution in [0.1, 0.15) is 41.5 Å². The summed E-state index contributed by atoms with van der Waals surface area (Å²) >= 11 is 0. The topological polar surface area (TPSA) is 65.3 Å². The number of rotatable bonds is 9. The molecule has 6 rings (SSSR count). The van der Waals surface area contributed by atoms with E-state index < -0.39 is 0 Å². The van der Waals surface area contributed by atoms with Gasteiger partial charge in [-0.15, -0.1) is 0 Å². The molecule has 3 atom stereocenters. The molecule has 3 saturated heterocycles. The Morgan fingerprint density at radius 1 is 0.422 bits per heavy atom. The van der Waals surface area contributed by atoms with Crippen molar-refractivity contribution in [2.75, 3.05) is 39.6 Å². The van der Waals surface area contributed by atoms with E-state index in [1.165, 1.54) is 0 Å². The molecule has 3 aromatic carbocycles. The summed E-state index contributed by atoms with van der Waals surface area (Å²) in [6, 6.07) is 29.4. The Bertz CT molecular complexity index is 786. The molecule has 3 unspecified atom stereocenters. The van der Waals surface area contributed by atoms with Crippen LogP contribution in [0.25, 0.3) is 0 Å². The summed E-state index contributed by atoms with van der Waals surface area (Å²) < 4.78 is 31.2. The van der Waals surface area contributed by atoms with Crippen LogP contribution in [0.3, 0.4) is 0 Å². The van der Waals surface area contributed by atoms with Crippen LogP contribution in [0.5, 0.6) is 17.2 Å². The van der Waals surface area contributed by atoms with Crippen molar-refractivity contribution in [2.45, 2.75) is 59.9 Å². The van der Waals surface area contributed by atoms with Crippen molar-refractivity contribution in [3.63, 3.8) is 0 Å². The van der Waals surface area contributed by atoms with E-state index in [0.717, 1.165) is 37.1 Å². The molecule has 3 aromatic rings. The van der Waals surface area contributed by atoms with Crippen molar-refractivity contribution in [3.8, 4) is 17.2 Å². The van der Waals surface area contributed by atoms with E-state index in [9.17, 15) is 0 Å². The van der Waals surface area contributed by atoms with Crippen molar-refractivity contribution >= 4 is 0 Å². The molecule has 0 amide bonds. The minimum Gasteiger partial charge on any atom is -0.491 e. The van der Waals surface area contributed by atoms with E-state index in [2.05, 4.69) is 0 Å². The fraction of sp³-hybridized carbons (Fsp3) is 0.405. The summed E-state index contributed by atoms with van der Waals surface area (Å²) in [5, 5.41) is 0. The normalized spacial score (nSPS) is 16.0. The standard InChI is InChI=1S/3C9H10O2.3C2H6.4CH3.2Y/c3*1-2-4-8(5-3-1)10-6-9-7-11-9;3*1-2;;;;;;/h3*1-5,9H,6-7H2;3*1-2H3;4*1H3;;/q;;;;;;4*-1;;. The molecule has 0 spiro atoms. The number of hydrogen-bond acceptors (Lipinski definition) is 6. The maximum Gasteiger partial charge on any atom is 0.119 e. The number of hydrogen-bond donors (Lipinski definition) is 0. The third-order valence-corrected chi connectivity index (χ3v) is 4.74. The van der Waals surface area contributed by atoms with Gasteiger partial charge in [-0.05, 0) is 36.4 Å². The predicted octanol–water partition coefficient (Wildman–Crippen LogP) is 9.27. The first-order chi connectivity index (χ1) is 19.3. The SMILES string of the molecule is CC.CC.CC.[CH3-].[CH3-].[CH3-].[CH3-].[Y].[Y].c1ccc(OCC2CO2)cc1.c1ccc(OCC2CO2)cc1.c1ccc(OCC2CO2)cc1. The third-order valence-electron chi connectivity index (χ3n) is 4.74. The van der Waals surface area contributed by atoms with Gasteiger partial charge in [-0.2, -0.15) is 0 Å². The first-order valence-corrected chi connectivity index (χ1v) is 14.2. The Morgan fingerprint density at radius 3 is 0.756 bits per heavy atom.